The predicted octanol–water partition coefficient (Wildman–Crippen LogP) is 2.01. The minimum Gasteiger partial charge on any atom is -0.497 e. The molecule has 0 aliphatic carbocycles. The van der Waals surface area contributed by atoms with Crippen molar-refractivity contribution >= 4 is 11.8 Å². The molecule has 0 spiro atoms. The fourth-order valence-electron chi connectivity index (χ4n) is 4.55. The number of carbonyl (C=O) groups is 2. The van der Waals surface area contributed by atoms with Crippen LogP contribution < -0.4 is 15.4 Å². The molecule has 7 heteroatoms. The number of piperidine rings is 1. The maximum atomic E-state index is 12.8. The number of amides is 2. The van der Waals surface area contributed by atoms with Crippen molar-refractivity contribution in [2.45, 2.75) is 57.2 Å². The van der Waals surface area contributed by atoms with Crippen LogP contribution in [0.4, 0.5) is 0 Å². The van der Waals surface area contributed by atoms with Gasteiger partial charge in [0.1, 0.15) is 5.75 Å². The summed E-state index contributed by atoms with van der Waals surface area (Å²) in [6.45, 7) is 3.42. The van der Waals surface area contributed by atoms with Crippen LogP contribution in [0.25, 0.3) is 0 Å². The second-order valence-electron chi connectivity index (χ2n) is 9.11. The number of nitrogens with zero attached hydrogens (tertiary/aromatic N) is 2. The smallest absolute Gasteiger partial charge is 0.223 e. The lowest BCUT2D eigenvalue weighted by Gasteiger charge is -2.34. The fraction of sp³-hybridized carbons (Fsp3) is 0.667. The molecule has 3 rings (SSSR count). The molecule has 2 fully saturated rings. The summed E-state index contributed by atoms with van der Waals surface area (Å²) in [7, 11) is 5.67. The molecule has 31 heavy (non-hydrogen) atoms. The average Bonchev–Trinajstić information content (AvgIpc) is 2.84. The van der Waals surface area contributed by atoms with E-state index in [2.05, 4.69) is 22.6 Å². The molecule has 2 aliphatic heterocycles. The van der Waals surface area contributed by atoms with Gasteiger partial charge in [0.05, 0.1) is 7.11 Å². The molecule has 2 saturated heterocycles. The Morgan fingerprint density at radius 3 is 2.45 bits per heavy atom. The van der Waals surface area contributed by atoms with E-state index >= 15 is 0 Å². The van der Waals surface area contributed by atoms with Gasteiger partial charge in [-0.1, -0.05) is 18.6 Å². The highest BCUT2D eigenvalue weighted by Gasteiger charge is 2.28. The van der Waals surface area contributed by atoms with E-state index in [1.807, 2.05) is 36.2 Å². The number of ether oxygens (including phenoxy) is 1. The van der Waals surface area contributed by atoms with Crippen LogP contribution in [-0.4, -0.2) is 74.5 Å². The van der Waals surface area contributed by atoms with Crippen molar-refractivity contribution in [1.82, 2.24) is 20.4 Å². The second-order valence-corrected chi connectivity index (χ2v) is 9.11. The highest BCUT2D eigenvalue weighted by Crippen LogP contribution is 2.20. The lowest BCUT2D eigenvalue weighted by Crippen LogP contribution is -2.49. The number of nitrogens with one attached hydrogen (secondary N) is 2. The summed E-state index contributed by atoms with van der Waals surface area (Å²) in [4.78, 5) is 29.8. The van der Waals surface area contributed by atoms with Crippen LogP contribution in [0.1, 0.15) is 44.1 Å². The molecule has 0 saturated carbocycles. The molecule has 172 valence electrons. The van der Waals surface area contributed by atoms with Crippen molar-refractivity contribution in [1.29, 1.82) is 0 Å². The summed E-state index contributed by atoms with van der Waals surface area (Å²) in [5, 5.41) is 6.81. The quantitative estimate of drug-likeness (QED) is 0.722. The number of hydrogen-bond acceptors (Lipinski definition) is 5. The van der Waals surface area contributed by atoms with Gasteiger partial charge in [-0.2, -0.15) is 0 Å². The summed E-state index contributed by atoms with van der Waals surface area (Å²) < 4.78 is 5.17. The number of carbonyl (C=O) groups excluding carboxylic acids is 2. The first-order valence-corrected chi connectivity index (χ1v) is 11.5. The zero-order valence-corrected chi connectivity index (χ0v) is 19.2. The van der Waals surface area contributed by atoms with Crippen LogP contribution in [0.5, 0.6) is 5.75 Å². The zero-order chi connectivity index (χ0) is 22.2. The Morgan fingerprint density at radius 1 is 1.06 bits per heavy atom. The second kappa shape index (κ2) is 11.5. The van der Waals surface area contributed by atoms with E-state index in [9.17, 15) is 9.59 Å². The molecule has 0 bridgehead atoms. The molecule has 2 heterocycles. The summed E-state index contributed by atoms with van der Waals surface area (Å²) in [5.41, 5.74) is 1.02. The monoisotopic (exact) mass is 430 g/mol. The highest BCUT2D eigenvalue weighted by molar-refractivity contribution is 5.85. The molecule has 2 amide bonds. The molecule has 1 aromatic carbocycles. The van der Waals surface area contributed by atoms with Gasteiger partial charge >= 0.3 is 0 Å². The number of likely N-dealkylation sites (tertiary alicyclic amines) is 1. The highest BCUT2D eigenvalue weighted by atomic mass is 16.5. The molecule has 2 aliphatic rings. The number of hydrogen-bond donors (Lipinski definition) is 2. The first-order valence-electron chi connectivity index (χ1n) is 11.5. The number of likely N-dealkylation sites (N-methyl/N-ethyl adjacent to an activating group) is 1. The van der Waals surface area contributed by atoms with E-state index in [-0.39, 0.29) is 24.2 Å². The van der Waals surface area contributed by atoms with Gasteiger partial charge in [-0.25, -0.2) is 0 Å². The zero-order valence-electron chi connectivity index (χ0n) is 19.2. The van der Waals surface area contributed by atoms with Gasteiger partial charge < -0.3 is 25.2 Å². The Balaban J connectivity index is 1.52. The predicted molar refractivity (Wildman–Crippen MR) is 122 cm³/mol. The molecule has 0 aromatic heterocycles. The lowest BCUT2D eigenvalue weighted by molar-refractivity contribution is -0.135. The van der Waals surface area contributed by atoms with E-state index in [0.717, 1.165) is 56.5 Å². The van der Waals surface area contributed by atoms with E-state index in [1.165, 1.54) is 0 Å². The maximum Gasteiger partial charge on any atom is 0.223 e. The van der Waals surface area contributed by atoms with Crippen LogP contribution in [0.15, 0.2) is 24.3 Å². The van der Waals surface area contributed by atoms with Crippen molar-refractivity contribution in [2.75, 3.05) is 40.8 Å². The SMILES string of the molecule is COc1ccc(CNC(=O)[C@@H]2CCC[C@@H](NC3CCN(C)CC3)CN(C)C(=O)C2)cc1. The van der Waals surface area contributed by atoms with Gasteiger partial charge in [0.2, 0.25) is 11.8 Å². The third kappa shape index (κ3) is 7.21. The van der Waals surface area contributed by atoms with Crippen LogP contribution in [0, 0.1) is 5.92 Å². The molecular weight excluding hydrogens is 392 g/mol. The minimum absolute atomic E-state index is 0.0284. The number of benzene rings is 1. The molecule has 0 unspecified atom stereocenters. The normalized spacial score (nSPS) is 24.2. The van der Waals surface area contributed by atoms with Gasteiger partial charge in [-0.3, -0.25) is 9.59 Å². The summed E-state index contributed by atoms with van der Waals surface area (Å²) in [6, 6.07) is 8.48. The molecule has 1 aromatic rings. The van der Waals surface area contributed by atoms with Crippen LogP contribution in [0.3, 0.4) is 0 Å². The Bertz CT molecular complexity index is 716. The van der Waals surface area contributed by atoms with Crippen molar-refractivity contribution < 1.29 is 14.3 Å². The van der Waals surface area contributed by atoms with Crippen molar-refractivity contribution in [3.05, 3.63) is 29.8 Å². The van der Waals surface area contributed by atoms with E-state index < -0.39 is 0 Å². The summed E-state index contributed by atoms with van der Waals surface area (Å²) >= 11 is 0. The first kappa shape index (κ1) is 23.5. The Kier molecular flexibility index (Phi) is 8.72. The Labute approximate surface area is 186 Å². The largest absolute Gasteiger partial charge is 0.497 e. The van der Waals surface area contributed by atoms with Crippen molar-refractivity contribution in [3.8, 4) is 5.75 Å². The molecular formula is C24H38N4O3. The summed E-state index contributed by atoms with van der Waals surface area (Å²) in [5.74, 6) is 0.555. The molecule has 7 nitrogen and oxygen atoms in total. The fourth-order valence-corrected chi connectivity index (χ4v) is 4.55. The Hall–Kier alpha value is -2.12. The maximum absolute atomic E-state index is 12.8. The van der Waals surface area contributed by atoms with Crippen molar-refractivity contribution in [3.63, 3.8) is 0 Å². The molecule has 0 radical (unpaired) electrons. The van der Waals surface area contributed by atoms with Crippen molar-refractivity contribution in [2.24, 2.45) is 5.92 Å². The molecule has 2 N–H and O–H groups in total. The van der Waals surface area contributed by atoms with Gasteiger partial charge in [-0.05, 0) is 63.5 Å². The third-order valence-corrected chi connectivity index (χ3v) is 6.63. The molecule has 2 atom stereocenters. The van der Waals surface area contributed by atoms with E-state index in [4.69, 9.17) is 4.74 Å². The van der Waals surface area contributed by atoms with E-state index in [0.29, 0.717) is 25.2 Å². The third-order valence-electron chi connectivity index (χ3n) is 6.63. The first-order chi connectivity index (χ1) is 14.9. The topological polar surface area (TPSA) is 73.9 Å². The number of rotatable bonds is 6. The van der Waals surface area contributed by atoms with Gasteiger partial charge in [0, 0.05) is 44.6 Å². The van der Waals surface area contributed by atoms with Gasteiger partial charge in [0.15, 0.2) is 0 Å². The average molecular weight is 431 g/mol. The van der Waals surface area contributed by atoms with Crippen LogP contribution in [-0.2, 0) is 16.1 Å². The van der Waals surface area contributed by atoms with Gasteiger partial charge in [0.25, 0.3) is 0 Å². The van der Waals surface area contributed by atoms with Crippen LogP contribution >= 0.6 is 0 Å². The van der Waals surface area contributed by atoms with Gasteiger partial charge in [-0.15, -0.1) is 0 Å². The number of methoxy groups -OCH3 is 1. The van der Waals surface area contributed by atoms with E-state index in [1.54, 1.807) is 7.11 Å². The summed E-state index contributed by atoms with van der Waals surface area (Å²) in [6.07, 6.45) is 5.28. The lowest BCUT2D eigenvalue weighted by atomic mass is 9.95. The van der Waals surface area contributed by atoms with Crippen LogP contribution in [0.2, 0.25) is 0 Å². The standard InChI is InChI=1S/C24H38N4O3/c1-27-13-11-20(12-14-27)26-21-6-4-5-19(15-23(29)28(2)17-21)24(30)25-16-18-7-9-22(31-3)10-8-18/h7-10,19-21,26H,4-6,11-17H2,1-3H3,(H,25,30)/t19-,21-/m1/s1. The minimum atomic E-state index is -0.268. The Morgan fingerprint density at radius 2 is 1.77 bits per heavy atom.